The van der Waals surface area contributed by atoms with E-state index in [-0.39, 0.29) is 12.1 Å². The maximum atomic E-state index is 12.5. The number of hydrogen-bond donors (Lipinski definition) is 1. The van der Waals surface area contributed by atoms with E-state index in [1.54, 1.807) is 54.6 Å². The van der Waals surface area contributed by atoms with E-state index < -0.39 is 0 Å². The van der Waals surface area contributed by atoms with Gasteiger partial charge in [0.05, 0.1) is 26.4 Å². The van der Waals surface area contributed by atoms with Crippen molar-refractivity contribution in [2.24, 2.45) is 0 Å². The van der Waals surface area contributed by atoms with E-state index in [0.29, 0.717) is 37.1 Å². The number of aromatic nitrogens is 1. The summed E-state index contributed by atoms with van der Waals surface area (Å²) < 4.78 is 16.3. The molecule has 25 heavy (non-hydrogen) atoms. The Balaban J connectivity index is 1.72. The first-order chi connectivity index (χ1) is 12.2. The summed E-state index contributed by atoms with van der Waals surface area (Å²) in [6, 6.07) is 10.5. The number of pyridine rings is 1. The van der Waals surface area contributed by atoms with Crippen molar-refractivity contribution in [3.8, 4) is 17.4 Å². The van der Waals surface area contributed by atoms with Crippen LogP contribution in [0.3, 0.4) is 0 Å². The van der Waals surface area contributed by atoms with Crippen LogP contribution < -0.4 is 14.8 Å². The number of nitrogens with one attached hydrogen (secondary N) is 1. The number of benzene rings is 1. The topological polar surface area (TPSA) is 72.9 Å². The predicted octanol–water partition coefficient (Wildman–Crippen LogP) is 3.14. The van der Waals surface area contributed by atoms with Crippen LogP contribution in [0.1, 0.15) is 6.92 Å². The van der Waals surface area contributed by atoms with Crippen molar-refractivity contribution in [2.75, 3.05) is 32.2 Å². The Labute approximate surface area is 146 Å². The second-order valence-electron chi connectivity index (χ2n) is 5.68. The summed E-state index contributed by atoms with van der Waals surface area (Å²) in [6.45, 7) is 3.59. The zero-order valence-corrected chi connectivity index (χ0v) is 14.3. The molecule has 1 fully saturated rings. The van der Waals surface area contributed by atoms with Crippen molar-refractivity contribution < 1.29 is 19.0 Å². The van der Waals surface area contributed by atoms with Gasteiger partial charge in [-0.2, -0.15) is 0 Å². The second-order valence-corrected chi connectivity index (χ2v) is 5.68. The van der Waals surface area contributed by atoms with Gasteiger partial charge in [-0.05, 0) is 43.3 Å². The van der Waals surface area contributed by atoms with Crippen molar-refractivity contribution in [3.63, 3.8) is 0 Å². The van der Waals surface area contributed by atoms with Crippen molar-refractivity contribution in [2.45, 2.75) is 13.0 Å². The lowest BCUT2D eigenvalue weighted by molar-refractivity contribution is 0.0221. The zero-order valence-electron chi connectivity index (χ0n) is 14.3. The molecule has 1 N–H and O–H groups in total. The number of amides is 2. The molecular weight excluding hydrogens is 322 g/mol. The average Bonchev–Trinajstić information content (AvgIpc) is 2.64. The van der Waals surface area contributed by atoms with Crippen molar-refractivity contribution in [3.05, 3.63) is 42.6 Å². The van der Waals surface area contributed by atoms with Gasteiger partial charge in [0, 0.05) is 12.7 Å². The normalized spacial score (nSPS) is 17.0. The summed E-state index contributed by atoms with van der Waals surface area (Å²) >= 11 is 0. The number of anilines is 1. The van der Waals surface area contributed by atoms with E-state index >= 15 is 0 Å². The fourth-order valence-corrected chi connectivity index (χ4v) is 2.54. The van der Waals surface area contributed by atoms with Crippen molar-refractivity contribution in [1.82, 2.24) is 9.88 Å². The van der Waals surface area contributed by atoms with Gasteiger partial charge < -0.3 is 24.4 Å². The van der Waals surface area contributed by atoms with Gasteiger partial charge in [0.25, 0.3) is 0 Å². The number of carbonyl (C=O) groups is 1. The molecule has 0 spiro atoms. The monoisotopic (exact) mass is 343 g/mol. The minimum atomic E-state index is -0.191. The Hall–Kier alpha value is -2.80. The minimum Gasteiger partial charge on any atom is -0.497 e. The summed E-state index contributed by atoms with van der Waals surface area (Å²) in [5, 5.41) is 2.87. The van der Waals surface area contributed by atoms with Gasteiger partial charge >= 0.3 is 6.03 Å². The molecule has 1 saturated heterocycles. The van der Waals surface area contributed by atoms with Gasteiger partial charge in [0.2, 0.25) is 5.88 Å². The second kappa shape index (κ2) is 7.85. The summed E-state index contributed by atoms with van der Waals surface area (Å²) in [5.41, 5.74) is 0.516. The first kappa shape index (κ1) is 17.0. The van der Waals surface area contributed by atoms with E-state index in [2.05, 4.69) is 10.3 Å². The largest absolute Gasteiger partial charge is 0.497 e. The minimum absolute atomic E-state index is 0.0244. The highest BCUT2D eigenvalue weighted by molar-refractivity contribution is 5.90. The maximum absolute atomic E-state index is 12.5. The molecule has 132 valence electrons. The van der Waals surface area contributed by atoms with E-state index in [1.807, 2.05) is 6.92 Å². The van der Waals surface area contributed by atoms with Gasteiger partial charge in [-0.1, -0.05) is 0 Å². The number of methoxy groups -OCH3 is 1. The van der Waals surface area contributed by atoms with Gasteiger partial charge in [-0.15, -0.1) is 0 Å². The van der Waals surface area contributed by atoms with Crippen LogP contribution in [0.2, 0.25) is 0 Å². The highest BCUT2D eigenvalue weighted by Gasteiger charge is 2.24. The third-order valence-corrected chi connectivity index (χ3v) is 3.92. The van der Waals surface area contributed by atoms with Crippen LogP contribution in [0, 0.1) is 0 Å². The van der Waals surface area contributed by atoms with E-state index in [4.69, 9.17) is 14.2 Å². The average molecular weight is 343 g/mol. The van der Waals surface area contributed by atoms with Crippen molar-refractivity contribution >= 4 is 11.7 Å². The molecule has 0 saturated carbocycles. The molecule has 2 heterocycles. The lowest BCUT2D eigenvalue weighted by atomic mass is 10.3. The van der Waals surface area contributed by atoms with Crippen LogP contribution in [0.25, 0.3) is 0 Å². The summed E-state index contributed by atoms with van der Waals surface area (Å²) in [4.78, 5) is 18.5. The fourth-order valence-electron chi connectivity index (χ4n) is 2.54. The van der Waals surface area contributed by atoms with Crippen LogP contribution in [-0.2, 0) is 4.74 Å². The zero-order chi connectivity index (χ0) is 17.6. The molecular formula is C18H21N3O4. The molecule has 1 aromatic carbocycles. The van der Waals surface area contributed by atoms with Gasteiger partial charge in [0.15, 0.2) is 0 Å². The Morgan fingerprint density at radius 2 is 2.04 bits per heavy atom. The lowest BCUT2D eigenvalue weighted by Crippen LogP contribution is -2.48. The predicted molar refractivity (Wildman–Crippen MR) is 93.3 cm³/mol. The van der Waals surface area contributed by atoms with Crippen LogP contribution in [0.5, 0.6) is 17.4 Å². The van der Waals surface area contributed by atoms with Crippen LogP contribution in [-0.4, -0.2) is 48.8 Å². The van der Waals surface area contributed by atoms with E-state index in [9.17, 15) is 4.79 Å². The van der Waals surface area contributed by atoms with Crippen LogP contribution in [0.15, 0.2) is 42.6 Å². The van der Waals surface area contributed by atoms with Crippen LogP contribution in [0.4, 0.5) is 10.5 Å². The Bertz CT molecular complexity index is 721. The van der Waals surface area contributed by atoms with Gasteiger partial charge in [-0.25, -0.2) is 9.78 Å². The molecule has 2 aromatic rings. The molecule has 0 radical (unpaired) electrons. The lowest BCUT2D eigenvalue weighted by Gasteiger charge is -2.33. The highest BCUT2D eigenvalue weighted by atomic mass is 16.5. The third kappa shape index (κ3) is 4.19. The van der Waals surface area contributed by atoms with Crippen LogP contribution >= 0.6 is 0 Å². The number of ether oxygens (including phenoxy) is 3. The molecule has 7 nitrogen and oxygen atoms in total. The summed E-state index contributed by atoms with van der Waals surface area (Å²) in [5.74, 6) is 1.68. The number of urea groups is 1. The molecule has 1 atom stereocenters. The van der Waals surface area contributed by atoms with Gasteiger partial charge in [0.1, 0.15) is 17.2 Å². The molecule has 1 aromatic heterocycles. The number of nitrogens with zero attached hydrogens (tertiary/aromatic N) is 2. The first-order valence-corrected chi connectivity index (χ1v) is 8.09. The third-order valence-electron chi connectivity index (χ3n) is 3.92. The summed E-state index contributed by atoms with van der Waals surface area (Å²) in [6.07, 6.45) is 1.62. The van der Waals surface area contributed by atoms with Gasteiger partial charge in [-0.3, -0.25) is 0 Å². The molecule has 0 aliphatic carbocycles. The molecule has 0 bridgehead atoms. The summed E-state index contributed by atoms with van der Waals surface area (Å²) in [7, 11) is 1.61. The molecule has 1 aliphatic heterocycles. The Morgan fingerprint density at radius 3 is 2.76 bits per heavy atom. The Morgan fingerprint density at radius 1 is 1.28 bits per heavy atom. The van der Waals surface area contributed by atoms with E-state index in [0.717, 1.165) is 5.75 Å². The number of rotatable bonds is 4. The molecule has 7 heteroatoms. The molecule has 1 unspecified atom stereocenters. The molecule has 1 aliphatic rings. The van der Waals surface area contributed by atoms with E-state index in [1.165, 1.54) is 0 Å². The number of carbonyl (C=O) groups excluding carboxylic acids is 1. The standard InChI is InChI=1S/C18H21N3O4/c1-13-12-24-11-10-21(13)18(22)20-16-4-3-9-19-17(16)25-15-7-5-14(23-2)6-8-15/h3-9,13H,10-12H2,1-2H3,(H,20,22). The number of hydrogen-bond acceptors (Lipinski definition) is 5. The maximum Gasteiger partial charge on any atom is 0.322 e. The SMILES string of the molecule is COc1ccc(Oc2ncccc2NC(=O)N2CCOCC2C)cc1. The smallest absolute Gasteiger partial charge is 0.322 e. The quantitative estimate of drug-likeness (QED) is 0.923. The number of morpholine rings is 1. The molecule has 3 rings (SSSR count). The van der Waals surface area contributed by atoms with Crippen molar-refractivity contribution in [1.29, 1.82) is 0 Å². The highest BCUT2D eigenvalue weighted by Crippen LogP contribution is 2.28. The first-order valence-electron chi connectivity index (χ1n) is 8.09. The molecule has 2 amide bonds. The fraction of sp³-hybridized carbons (Fsp3) is 0.333. The Kier molecular flexibility index (Phi) is 5.35.